The summed E-state index contributed by atoms with van der Waals surface area (Å²) in [6.45, 7) is 25.3. The molecule has 5 aromatic rings. The topological polar surface area (TPSA) is 332 Å². The molecule has 10 rings (SSSR count). The van der Waals surface area contributed by atoms with Crippen LogP contribution in [0.15, 0.2) is 171 Å². The van der Waals surface area contributed by atoms with E-state index in [4.69, 9.17) is 69.5 Å². The maximum absolute atomic E-state index is 5.97. The lowest BCUT2D eigenvalue weighted by Gasteiger charge is -2.25. The molecule has 0 radical (unpaired) electrons. The van der Waals surface area contributed by atoms with E-state index >= 15 is 0 Å². The Bertz CT molecular complexity index is 3470. The molecule has 96 heavy (non-hydrogen) atoms. The Morgan fingerprint density at radius 3 is 0.906 bits per heavy atom. The van der Waals surface area contributed by atoms with Crippen LogP contribution in [0, 0.1) is 0 Å². The van der Waals surface area contributed by atoms with E-state index in [2.05, 4.69) is 167 Å². The van der Waals surface area contributed by atoms with Crippen molar-refractivity contribution in [3.05, 3.63) is 174 Å². The molecule has 0 saturated heterocycles. The van der Waals surface area contributed by atoms with Gasteiger partial charge in [0.15, 0.2) is 59.6 Å². The van der Waals surface area contributed by atoms with Gasteiger partial charge >= 0.3 is 0 Å². The molecule has 25 nitrogen and oxygen atoms in total. The fourth-order valence-electron chi connectivity index (χ4n) is 8.80. The Morgan fingerprint density at radius 2 is 0.625 bits per heavy atom. The monoisotopic (exact) mass is 1410 g/mol. The van der Waals surface area contributed by atoms with Gasteiger partial charge in [0.2, 0.25) is 0 Å². The van der Waals surface area contributed by atoms with Gasteiger partial charge < -0.3 is 54.0 Å². The van der Waals surface area contributed by atoms with E-state index in [9.17, 15) is 0 Å². The van der Waals surface area contributed by atoms with Crippen molar-refractivity contribution in [2.75, 3.05) is 13.1 Å². The van der Waals surface area contributed by atoms with Crippen LogP contribution in [-0.4, -0.2) is 122 Å². The zero-order chi connectivity index (χ0) is 69.5. The first-order valence-corrected chi connectivity index (χ1v) is 33.6. The van der Waals surface area contributed by atoms with Crippen LogP contribution in [0.2, 0.25) is 25.1 Å². The summed E-state index contributed by atoms with van der Waals surface area (Å²) < 4.78 is 0. The Balaban J connectivity index is 0.000000190. The van der Waals surface area contributed by atoms with Crippen LogP contribution in [-0.2, 0) is 32.5 Å². The van der Waals surface area contributed by atoms with Gasteiger partial charge in [-0.15, -0.1) is 0 Å². The third kappa shape index (κ3) is 30.8. The van der Waals surface area contributed by atoms with Gasteiger partial charge in [-0.2, -0.15) is 0 Å². The summed E-state index contributed by atoms with van der Waals surface area (Å²) in [5, 5.41) is 44.4. The van der Waals surface area contributed by atoms with Gasteiger partial charge in [0.25, 0.3) is 0 Å². The Labute approximate surface area is 589 Å². The van der Waals surface area contributed by atoms with Crippen molar-refractivity contribution in [3.8, 4) is 0 Å². The number of halogens is 5. The van der Waals surface area contributed by atoms with Crippen molar-refractivity contribution in [2.24, 2.45) is 61.4 Å². The molecule has 0 aromatic heterocycles. The predicted octanol–water partition coefficient (Wildman–Crippen LogP) is 8.45. The third-order valence-electron chi connectivity index (χ3n) is 13.0. The summed E-state index contributed by atoms with van der Waals surface area (Å²) in [5.74, 6) is 6.55. The molecule has 5 unspecified atom stereocenters. The summed E-state index contributed by atoms with van der Waals surface area (Å²) >= 11 is 29.4. The van der Waals surface area contributed by atoms with Crippen molar-refractivity contribution in [1.29, 1.82) is 0 Å². The molecule has 5 aliphatic rings. The molecule has 0 bridgehead atoms. The molecular formula is C66H92Cl5N25. The molecule has 5 heterocycles. The quantitative estimate of drug-likeness (QED) is 0.0467. The lowest BCUT2D eigenvalue weighted by Crippen LogP contribution is -2.55. The van der Waals surface area contributed by atoms with Crippen LogP contribution in [0.1, 0.15) is 104 Å². The molecule has 30 heteroatoms. The van der Waals surface area contributed by atoms with E-state index < -0.39 is 0 Å². The first-order chi connectivity index (χ1) is 45.8. The maximum Gasteiger partial charge on any atom is 0.200 e. The third-order valence-corrected chi connectivity index (χ3v) is 14.2. The number of nitrogens with zero attached hydrogens (tertiary/aromatic N) is 10. The fourth-order valence-corrected chi connectivity index (χ4v) is 9.60. The summed E-state index contributed by atoms with van der Waals surface area (Å²) in [6, 6.07) is 39.6. The minimum Gasteiger partial charge on any atom is -0.370 e. The van der Waals surface area contributed by atoms with E-state index in [0.29, 0.717) is 74.7 Å². The smallest absolute Gasteiger partial charge is 0.200 e. The van der Waals surface area contributed by atoms with E-state index in [-0.39, 0.29) is 30.8 Å². The van der Waals surface area contributed by atoms with Gasteiger partial charge in [-0.1, -0.05) is 119 Å². The lowest BCUT2D eigenvalue weighted by atomic mass is 10.1. The molecule has 0 amide bonds. The number of rotatable bonds is 15. The van der Waals surface area contributed by atoms with Crippen LogP contribution in [0.5, 0.6) is 0 Å². The lowest BCUT2D eigenvalue weighted by molar-refractivity contribution is 0.632. The first kappa shape index (κ1) is 76.3. The number of aliphatic imine (C=N–C) groups is 10. The maximum atomic E-state index is 5.97. The normalized spacial score (nSPS) is 20.6. The van der Waals surface area contributed by atoms with E-state index in [1.807, 2.05) is 150 Å². The molecule has 5 aromatic carbocycles. The first-order valence-electron chi connectivity index (χ1n) is 31.7. The summed E-state index contributed by atoms with van der Waals surface area (Å²) in [6.07, 6.45) is 1.60. The zero-order valence-electron chi connectivity index (χ0n) is 56.1. The second-order valence-corrected chi connectivity index (χ2v) is 25.4. The summed E-state index contributed by atoms with van der Waals surface area (Å²) in [4.78, 5) is 43.8. The van der Waals surface area contributed by atoms with Gasteiger partial charge in [-0.25, -0.2) is 39.9 Å². The number of hydrogen-bond acceptors (Lipinski definition) is 15. The fraction of sp³-hybridized carbons (Fsp3) is 0.394. The average molecular weight is 1410 g/mol. The minimum atomic E-state index is -0.0554. The van der Waals surface area contributed by atoms with Crippen LogP contribution < -0.4 is 80.6 Å². The second kappa shape index (κ2) is 40.0. The number of hydrogen-bond donors (Lipinski definition) is 15. The van der Waals surface area contributed by atoms with Crippen molar-refractivity contribution in [2.45, 2.75) is 158 Å². The highest BCUT2D eigenvalue weighted by atomic mass is 35.5. The largest absolute Gasteiger partial charge is 0.370 e. The zero-order valence-corrected chi connectivity index (χ0v) is 59.9. The molecule has 5 aliphatic heterocycles. The molecule has 0 fully saturated rings. The van der Waals surface area contributed by atoms with E-state index in [0.717, 1.165) is 96.0 Å². The molecule has 5 atom stereocenters. The van der Waals surface area contributed by atoms with Crippen LogP contribution >= 0.6 is 58.0 Å². The van der Waals surface area contributed by atoms with Crippen molar-refractivity contribution in [1.82, 2.24) is 69.1 Å². The highest BCUT2D eigenvalue weighted by molar-refractivity contribution is 6.31. The predicted molar refractivity (Wildman–Crippen MR) is 402 cm³/mol. The van der Waals surface area contributed by atoms with Crippen molar-refractivity contribution >= 4 is 118 Å². The SMILES string of the molecule is CC(C)NC1=NC(C)NC(=NCCc2cccc(Cl)c2)N1.CC(C)NC1=NC(C)NC(=NCc2ccc(Cl)cc2)N1.CC(C)NC1=NC(C)NC(=NCc2ccc(Cl)cc2)N1.CC1N=C(N)NC(=NCCc2cccc(Cl)c2)N1.CC1N=C(N)NC(=NCc2ccc(Cl)cc2)N1. The van der Waals surface area contributed by atoms with Crippen LogP contribution in [0.3, 0.4) is 0 Å². The van der Waals surface area contributed by atoms with E-state index in [1.54, 1.807) is 0 Å². The van der Waals surface area contributed by atoms with Crippen molar-refractivity contribution < 1.29 is 0 Å². The molecule has 17 N–H and O–H groups in total. The molecule has 0 saturated carbocycles. The highest BCUT2D eigenvalue weighted by Gasteiger charge is 2.19. The van der Waals surface area contributed by atoms with Crippen LogP contribution in [0.25, 0.3) is 0 Å². The minimum absolute atomic E-state index is 0.00136. The highest BCUT2D eigenvalue weighted by Crippen LogP contribution is 2.15. The van der Waals surface area contributed by atoms with Crippen LogP contribution in [0.4, 0.5) is 0 Å². The van der Waals surface area contributed by atoms with Gasteiger partial charge in [0.05, 0.1) is 19.6 Å². The number of guanidine groups is 10. The van der Waals surface area contributed by atoms with Gasteiger partial charge in [-0.3, -0.25) is 36.6 Å². The summed E-state index contributed by atoms with van der Waals surface area (Å²) in [7, 11) is 0. The molecule has 0 spiro atoms. The Kier molecular flexibility index (Phi) is 31.7. The van der Waals surface area contributed by atoms with Gasteiger partial charge in [0, 0.05) is 56.3 Å². The van der Waals surface area contributed by atoms with Gasteiger partial charge in [-0.05, 0) is 177 Å². The molecule has 0 aliphatic carbocycles. The molecular weight excluding hydrogens is 1320 g/mol. The standard InChI is InChI=1S/C15H22ClN5.2C14H20ClN5.C12H16ClN5.C11H14ClN5/c1-10(2)18-15-20-11(3)19-14(21-15)17-8-7-12-5-4-6-13(16)9-12;2*1-9(2)17-14-19-10(3)18-13(20-14)16-8-11-4-6-12(15)7-5-11;1-8-16-11(14)18-12(17-8)15-6-5-9-3-2-4-10(13)7-9;1-7-15-10(13)17-11(16-7)14-6-8-2-4-9(12)5-3-8/h4-6,9-11H,7-8H2,1-3H3,(H3,17,18,19,20,21);2*4-7,9-10H,8H2,1-3H3,(H3,16,17,18,19,20);2-4,7-8H,5-6H2,1H3,(H4,14,15,16,17,18);2-5,7H,6H2,1H3,(H4,13,14,15,16,17). The number of benzene rings is 5. The second-order valence-electron chi connectivity index (χ2n) is 23.2. The number of nitrogens with one attached hydrogen (secondary N) is 13. The Hall–Kier alpha value is -8.75. The number of nitrogens with two attached hydrogens (primary N) is 2. The van der Waals surface area contributed by atoms with Gasteiger partial charge in [0.1, 0.15) is 30.8 Å². The van der Waals surface area contributed by atoms with E-state index in [1.165, 1.54) is 5.56 Å². The molecule has 516 valence electrons. The Morgan fingerprint density at radius 1 is 0.354 bits per heavy atom. The van der Waals surface area contributed by atoms with Crippen molar-refractivity contribution in [3.63, 3.8) is 0 Å². The summed E-state index contributed by atoms with van der Waals surface area (Å²) in [5.41, 5.74) is 16.9. The average Bonchev–Trinajstić information content (AvgIpc) is 1.27.